The summed E-state index contributed by atoms with van der Waals surface area (Å²) in [6.07, 6.45) is 3.27. The molecule has 0 saturated carbocycles. The average Bonchev–Trinajstić information content (AvgIpc) is 3.87. The topological polar surface area (TPSA) is 347 Å². The van der Waals surface area contributed by atoms with Gasteiger partial charge in [0.2, 0.25) is 53.2 Å². The molecule has 0 bridgehead atoms. The van der Waals surface area contributed by atoms with Crippen LogP contribution in [0.3, 0.4) is 0 Å². The number of thioether (sulfide) groups is 1. The fraction of sp³-hybridized carbons (Fsp3) is 0.685. The lowest BCUT2D eigenvalue weighted by molar-refractivity contribution is -0.143. The summed E-state index contributed by atoms with van der Waals surface area (Å²) >= 11 is 0.931. The van der Waals surface area contributed by atoms with Crippen molar-refractivity contribution in [3.8, 4) is 0 Å². The van der Waals surface area contributed by atoms with Gasteiger partial charge in [-0.25, -0.2) is 0 Å². The molecule has 2 aliphatic rings. The summed E-state index contributed by atoms with van der Waals surface area (Å²) in [4.78, 5) is 153. The maximum Gasteiger partial charge on any atom is 0.245 e. The second-order valence-electron chi connectivity index (χ2n) is 21.2. The van der Waals surface area contributed by atoms with Crippen LogP contribution in [0.4, 0.5) is 0 Å². The molecule has 1 aromatic rings. The molecule has 0 spiro atoms. The summed E-state index contributed by atoms with van der Waals surface area (Å²) in [6, 6.07) is -1.28. The quantitative estimate of drug-likeness (QED) is 0.107. The van der Waals surface area contributed by atoms with Crippen molar-refractivity contribution in [1.29, 1.82) is 0 Å². The van der Waals surface area contributed by atoms with Crippen molar-refractivity contribution in [2.45, 2.75) is 180 Å². The third kappa shape index (κ3) is 22.1. The molecular formula is C54H86N10O12S. The molecular weight excluding hydrogens is 1010 g/mol. The van der Waals surface area contributed by atoms with Crippen molar-refractivity contribution < 1.29 is 57.8 Å². The zero-order chi connectivity index (χ0) is 57.4. The number of nitrogens with zero attached hydrogens (tertiary/aromatic N) is 1. The molecule has 12 N–H and O–H groups in total. The fourth-order valence-corrected chi connectivity index (χ4v) is 10.2. The van der Waals surface area contributed by atoms with Crippen LogP contribution in [0.2, 0.25) is 0 Å². The first-order valence-corrected chi connectivity index (χ1v) is 28.3. The third-order valence-corrected chi connectivity index (χ3v) is 14.7. The molecule has 0 radical (unpaired) electrons. The van der Waals surface area contributed by atoms with Crippen LogP contribution < -0.4 is 48.7 Å². The predicted molar refractivity (Wildman–Crippen MR) is 291 cm³/mol. The number of fused-ring (bicyclic) bond motifs is 1. The minimum Gasteiger partial charge on any atom is -0.394 e. The van der Waals surface area contributed by atoms with Crippen LogP contribution in [0.1, 0.15) is 131 Å². The van der Waals surface area contributed by atoms with Crippen molar-refractivity contribution in [1.82, 2.24) is 42.1 Å². The number of carbonyl (C=O) groups is 11. The molecule has 77 heavy (non-hydrogen) atoms. The number of Topliss-reactive ketones (excluding diaryl/α,β-unsaturated/α-hetero) is 2. The number of primary amides is 1. The number of aliphatic hydroxyl groups is 1. The maximum absolute atomic E-state index is 14.5. The Morgan fingerprint density at radius 3 is 1.91 bits per heavy atom. The van der Waals surface area contributed by atoms with E-state index in [1.807, 2.05) is 34.6 Å². The lowest BCUT2D eigenvalue weighted by Crippen LogP contribution is -2.60. The Hall–Kier alpha value is -5.94. The zero-order valence-electron chi connectivity index (χ0n) is 46.0. The highest BCUT2D eigenvalue weighted by Gasteiger charge is 2.40. The van der Waals surface area contributed by atoms with Crippen LogP contribution in [-0.2, 0) is 59.2 Å². The van der Waals surface area contributed by atoms with Crippen LogP contribution in [0, 0.1) is 23.7 Å². The Morgan fingerprint density at radius 2 is 1.29 bits per heavy atom. The second-order valence-corrected chi connectivity index (χ2v) is 22.3. The van der Waals surface area contributed by atoms with Crippen molar-refractivity contribution in [2.75, 3.05) is 31.2 Å². The summed E-state index contributed by atoms with van der Waals surface area (Å²) < 4.78 is 0. The van der Waals surface area contributed by atoms with E-state index in [9.17, 15) is 57.8 Å². The van der Waals surface area contributed by atoms with E-state index in [2.05, 4.69) is 37.2 Å². The van der Waals surface area contributed by atoms with Gasteiger partial charge in [-0.3, -0.25) is 52.7 Å². The number of amides is 9. The third-order valence-electron chi connectivity index (χ3n) is 13.6. The molecule has 1 aromatic carbocycles. The van der Waals surface area contributed by atoms with Gasteiger partial charge in [-0.1, -0.05) is 84.2 Å². The smallest absolute Gasteiger partial charge is 0.245 e. The van der Waals surface area contributed by atoms with Crippen LogP contribution in [0.25, 0.3) is 0 Å². The van der Waals surface area contributed by atoms with E-state index in [-0.39, 0.29) is 81.3 Å². The normalized spacial score (nSPS) is 27.2. The van der Waals surface area contributed by atoms with Gasteiger partial charge in [-0.05, 0) is 82.7 Å². The number of hydrogen-bond acceptors (Lipinski definition) is 14. The Balaban J connectivity index is 2.05. The molecule has 0 aromatic heterocycles. The van der Waals surface area contributed by atoms with Crippen molar-refractivity contribution >= 4 is 76.5 Å². The van der Waals surface area contributed by atoms with Crippen LogP contribution in [-0.4, -0.2) is 154 Å². The van der Waals surface area contributed by atoms with E-state index in [0.717, 1.165) is 11.8 Å². The SMILES string of the molecule is CCCC[C@@H]1NC(=O)[C@H](CCCCN)CC(=O)[C@H](CC(C)C)NC(=O)[C@H](CC(C)C)CC(=O)[C@H](C)NC(=O)CSC[C@@H](C(N)=O)NC(=O)[C@H](Cc2ccccc2)NC(=O)[C@H](CO)NC(=O)[C@H](C)NC(=O)[C@@H]2CCCN2C1=O. The van der Waals surface area contributed by atoms with Gasteiger partial charge in [0.15, 0.2) is 11.6 Å². The molecule has 2 heterocycles. The molecule has 23 heteroatoms. The highest BCUT2D eigenvalue weighted by Crippen LogP contribution is 2.24. The van der Waals surface area contributed by atoms with Gasteiger partial charge in [0.05, 0.1) is 24.4 Å². The van der Waals surface area contributed by atoms with Gasteiger partial charge >= 0.3 is 0 Å². The largest absolute Gasteiger partial charge is 0.394 e. The molecule has 2 fully saturated rings. The Bertz CT molecular complexity index is 2180. The molecule has 2 aliphatic heterocycles. The number of nitrogens with one attached hydrogen (secondary N) is 7. The first-order chi connectivity index (χ1) is 36.5. The van der Waals surface area contributed by atoms with Crippen LogP contribution in [0.15, 0.2) is 30.3 Å². The van der Waals surface area contributed by atoms with Gasteiger partial charge < -0.3 is 58.7 Å². The fourth-order valence-electron chi connectivity index (χ4n) is 9.31. The minimum absolute atomic E-state index is 0.0459. The zero-order valence-corrected chi connectivity index (χ0v) is 46.8. The first-order valence-electron chi connectivity index (χ1n) is 27.2. The van der Waals surface area contributed by atoms with E-state index in [0.29, 0.717) is 44.2 Å². The molecule has 22 nitrogen and oxygen atoms in total. The number of carbonyl (C=O) groups excluding carboxylic acids is 11. The number of hydrogen-bond donors (Lipinski definition) is 10. The number of nitrogens with two attached hydrogens (primary N) is 2. The number of rotatable bonds is 15. The number of aliphatic hydroxyl groups excluding tert-OH is 1. The molecule has 0 aliphatic carbocycles. The molecule has 3 rings (SSSR count). The summed E-state index contributed by atoms with van der Waals surface area (Å²) in [5, 5.41) is 28.8. The standard InChI is InChI=1S/C54H86N10O12S/c1-8-9-19-38-54(76)64-22-15-20-43(64)53(75)58-34(7)48(70)62-41(28-65)52(74)61-40(25-35-16-11-10-12-17-35)51(73)63-42(47(56)69)29-77-30-46(68)57-33(6)44(66)27-37(23-31(2)3)50(72)60-39(24-32(4)5)45(67)26-36(49(71)59-38)18-13-14-21-55/h10-12,16-17,31-34,36-43,65H,8-9,13-15,18-30,55H2,1-7H3,(H2,56,69)(H,57,68)(H,58,75)(H,59,71)(H,60,72)(H,61,74)(H,62,70)(H,63,73)/t33-,34-,36+,37+,38-,39-,40-,41-,42-,43-/m0/s1. The highest BCUT2D eigenvalue weighted by molar-refractivity contribution is 8.00. The first kappa shape index (κ1) is 65.3. The Morgan fingerprint density at radius 1 is 0.675 bits per heavy atom. The van der Waals surface area contributed by atoms with Gasteiger partial charge in [0.25, 0.3) is 0 Å². The monoisotopic (exact) mass is 1100 g/mol. The van der Waals surface area contributed by atoms with E-state index in [4.69, 9.17) is 11.5 Å². The number of benzene rings is 1. The van der Waals surface area contributed by atoms with Crippen LogP contribution in [0.5, 0.6) is 0 Å². The van der Waals surface area contributed by atoms with Gasteiger partial charge in [-0.2, -0.15) is 0 Å². The summed E-state index contributed by atoms with van der Waals surface area (Å²) in [5.41, 5.74) is 12.1. The number of unbranched alkanes of at least 4 members (excludes halogenated alkanes) is 2. The Labute approximate surface area is 457 Å². The van der Waals surface area contributed by atoms with Crippen molar-refractivity contribution in [3.63, 3.8) is 0 Å². The van der Waals surface area contributed by atoms with Gasteiger partial charge in [-0.15, -0.1) is 11.8 Å². The second kappa shape index (κ2) is 33.4. The van der Waals surface area contributed by atoms with Gasteiger partial charge in [0, 0.05) is 43.4 Å². The molecule has 10 atom stereocenters. The number of ketones is 2. The molecule has 430 valence electrons. The summed E-state index contributed by atoms with van der Waals surface area (Å²) in [7, 11) is 0. The van der Waals surface area contributed by atoms with Crippen LogP contribution >= 0.6 is 11.8 Å². The molecule has 2 saturated heterocycles. The lowest BCUT2D eigenvalue weighted by atomic mass is 9.87. The van der Waals surface area contributed by atoms with E-state index in [1.165, 1.54) is 18.7 Å². The maximum atomic E-state index is 14.5. The molecule has 9 amide bonds. The highest BCUT2D eigenvalue weighted by atomic mass is 32.2. The molecule has 0 unspecified atom stereocenters. The summed E-state index contributed by atoms with van der Waals surface area (Å²) in [6.45, 7) is 11.9. The van der Waals surface area contributed by atoms with E-state index in [1.54, 1.807) is 30.3 Å². The van der Waals surface area contributed by atoms with E-state index < -0.39 is 132 Å². The minimum atomic E-state index is -1.62. The average molecular weight is 1100 g/mol. The van der Waals surface area contributed by atoms with Crippen molar-refractivity contribution in [2.24, 2.45) is 35.1 Å². The predicted octanol–water partition coefficient (Wildman–Crippen LogP) is 0.440. The van der Waals surface area contributed by atoms with E-state index >= 15 is 0 Å². The summed E-state index contributed by atoms with van der Waals surface area (Å²) in [5.74, 6) is -9.77. The Kier molecular flexibility index (Phi) is 28.3. The van der Waals surface area contributed by atoms with Crippen molar-refractivity contribution in [3.05, 3.63) is 35.9 Å². The van der Waals surface area contributed by atoms with Gasteiger partial charge in [0.1, 0.15) is 36.3 Å². The lowest BCUT2D eigenvalue weighted by Gasteiger charge is -2.30.